The van der Waals surface area contributed by atoms with Gasteiger partial charge < -0.3 is 15.0 Å². The average molecular weight is 347 g/mol. The third-order valence-corrected chi connectivity index (χ3v) is 4.56. The molecule has 0 radical (unpaired) electrons. The number of hydrogen-bond donors (Lipinski definition) is 1. The monoisotopic (exact) mass is 347 g/mol. The van der Waals surface area contributed by atoms with Crippen molar-refractivity contribution in [1.82, 2.24) is 9.80 Å². The van der Waals surface area contributed by atoms with E-state index in [-0.39, 0.29) is 24.9 Å². The highest BCUT2D eigenvalue weighted by Crippen LogP contribution is 2.20. The molecule has 1 atom stereocenters. The molecule has 6 nitrogen and oxygen atoms in total. The first-order chi connectivity index (χ1) is 12.0. The van der Waals surface area contributed by atoms with Crippen LogP contribution in [0.1, 0.15) is 31.7 Å². The van der Waals surface area contributed by atoms with Crippen LogP contribution >= 0.6 is 0 Å². The van der Waals surface area contributed by atoms with E-state index in [0.29, 0.717) is 32.2 Å². The molecule has 138 valence electrons. The molecule has 1 aliphatic rings. The Morgan fingerprint density at radius 1 is 1.20 bits per heavy atom. The van der Waals surface area contributed by atoms with Crippen LogP contribution < -0.4 is 5.32 Å². The summed E-state index contributed by atoms with van der Waals surface area (Å²) in [5.41, 5.74) is 2.05. The first kappa shape index (κ1) is 19.4. The second-order valence-corrected chi connectivity index (χ2v) is 6.64. The number of ether oxygens (including phenoxy) is 1. The van der Waals surface area contributed by atoms with Crippen LogP contribution in [0.15, 0.2) is 24.3 Å². The topological polar surface area (TPSA) is 61.9 Å². The van der Waals surface area contributed by atoms with Crippen LogP contribution in [0.25, 0.3) is 0 Å². The van der Waals surface area contributed by atoms with Crippen LogP contribution in [0, 0.1) is 0 Å². The number of likely N-dealkylation sites (N-methyl/N-ethyl adjacent to an activating group) is 1. The number of nitrogens with one attached hydrogen (secondary N) is 1. The maximum absolute atomic E-state index is 12.2. The van der Waals surface area contributed by atoms with E-state index in [4.69, 9.17) is 4.74 Å². The average Bonchev–Trinajstić information content (AvgIpc) is 2.62. The van der Waals surface area contributed by atoms with Gasteiger partial charge in [-0.3, -0.25) is 14.5 Å². The first-order valence-electron chi connectivity index (χ1n) is 8.93. The Morgan fingerprint density at radius 3 is 2.44 bits per heavy atom. The summed E-state index contributed by atoms with van der Waals surface area (Å²) in [6, 6.07) is 7.96. The summed E-state index contributed by atoms with van der Waals surface area (Å²) >= 11 is 0. The van der Waals surface area contributed by atoms with Crippen molar-refractivity contribution in [2.45, 2.75) is 26.2 Å². The highest BCUT2D eigenvalue weighted by Gasteiger charge is 2.19. The normalized spacial score (nSPS) is 15.9. The molecular formula is C19H29N3O3. The number of rotatable bonds is 7. The Bertz CT molecular complexity index is 568. The summed E-state index contributed by atoms with van der Waals surface area (Å²) in [6.45, 7) is 7.19. The van der Waals surface area contributed by atoms with E-state index in [1.165, 1.54) is 5.56 Å². The van der Waals surface area contributed by atoms with E-state index in [1.807, 2.05) is 12.1 Å². The number of carbonyl (C=O) groups excluding carboxylic acids is 2. The van der Waals surface area contributed by atoms with Crippen LogP contribution in [0.2, 0.25) is 0 Å². The Hall–Kier alpha value is -1.92. The number of benzene rings is 1. The second-order valence-electron chi connectivity index (χ2n) is 6.64. The number of amides is 2. The van der Waals surface area contributed by atoms with Crippen molar-refractivity contribution in [2.75, 3.05) is 51.8 Å². The maximum Gasteiger partial charge on any atom is 0.238 e. The second kappa shape index (κ2) is 9.53. The Kier molecular flexibility index (Phi) is 7.40. The largest absolute Gasteiger partial charge is 0.378 e. The zero-order valence-electron chi connectivity index (χ0n) is 15.5. The van der Waals surface area contributed by atoms with Crippen LogP contribution in [0.3, 0.4) is 0 Å². The standard InChI is InChI=1S/C19H29N3O3/c1-4-15(2)16-5-7-17(8-6-16)20-18(23)13-21(3)14-19(24)22-9-11-25-12-10-22/h5-8,15H,4,9-14H2,1-3H3,(H,20,23). The van der Waals surface area contributed by atoms with Gasteiger partial charge in [0.05, 0.1) is 26.3 Å². The van der Waals surface area contributed by atoms with Gasteiger partial charge in [-0.25, -0.2) is 0 Å². The lowest BCUT2D eigenvalue weighted by molar-refractivity contribution is -0.136. The van der Waals surface area contributed by atoms with Crippen molar-refractivity contribution >= 4 is 17.5 Å². The van der Waals surface area contributed by atoms with E-state index < -0.39 is 0 Å². The van der Waals surface area contributed by atoms with Gasteiger partial charge in [0, 0.05) is 18.8 Å². The summed E-state index contributed by atoms with van der Waals surface area (Å²) < 4.78 is 5.24. The molecule has 1 saturated heterocycles. The van der Waals surface area contributed by atoms with E-state index in [2.05, 4.69) is 31.3 Å². The van der Waals surface area contributed by atoms with Crippen LogP contribution in [0.5, 0.6) is 0 Å². The fourth-order valence-corrected chi connectivity index (χ4v) is 2.78. The molecule has 0 aromatic heterocycles. The summed E-state index contributed by atoms with van der Waals surface area (Å²) in [7, 11) is 1.78. The molecule has 25 heavy (non-hydrogen) atoms. The van der Waals surface area contributed by atoms with Gasteiger partial charge in [0.1, 0.15) is 0 Å². The van der Waals surface area contributed by atoms with Crippen molar-refractivity contribution in [3.8, 4) is 0 Å². The van der Waals surface area contributed by atoms with Crippen LogP contribution in [-0.2, 0) is 14.3 Å². The molecule has 0 bridgehead atoms. The molecule has 0 spiro atoms. The van der Waals surface area contributed by atoms with Gasteiger partial charge in [0.15, 0.2) is 0 Å². The van der Waals surface area contributed by atoms with E-state index in [1.54, 1.807) is 16.8 Å². The quantitative estimate of drug-likeness (QED) is 0.819. The molecular weight excluding hydrogens is 318 g/mol. The molecule has 1 unspecified atom stereocenters. The molecule has 2 rings (SSSR count). The number of anilines is 1. The molecule has 0 saturated carbocycles. The highest BCUT2D eigenvalue weighted by molar-refractivity contribution is 5.92. The van der Waals surface area contributed by atoms with Crippen molar-refractivity contribution in [3.63, 3.8) is 0 Å². The molecule has 1 fully saturated rings. The van der Waals surface area contributed by atoms with Crippen molar-refractivity contribution in [3.05, 3.63) is 29.8 Å². The van der Waals surface area contributed by atoms with E-state index >= 15 is 0 Å². The number of hydrogen-bond acceptors (Lipinski definition) is 4. The minimum Gasteiger partial charge on any atom is -0.378 e. The molecule has 6 heteroatoms. The first-order valence-corrected chi connectivity index (χ1v) is 8.93. The minimum absolute atomic E-state index is 0.0384. The zero-order chi connectivity index (χ0) is 18.2. The fourth-order valence-electron chi connectivity index (χ4n) is 2.78. The summed E-state index contributed by atoms with van der Waals surface area (Å²) in [5.74, 6) is 0.437. The van der Waals surface area contributed by atoms with Crippen LogP contribution in [0.4, 0.5) is 5.69 Å². The van der Waals surface area contributed by atoms with Gasteiger partial charge in [-0.05, 0) is 37.1 Å². The predicted octanol–water partition coefficient (Wildman–Crippen LogP) is 1.93. The lowest BCUT2D eigenvalue weighted by Crippen LogP contribution is -2.46. The molecule has 2 amide bonds. The molecule has 1 aromatic rings. The van der Waals surface area contributed by atoms with Gasteiger partial charge in [0.25, 0.3) is 0 Å². The number of nitrogens with zero attached hydrogens (tertiary/aromatic N) is 2. The Morgan fingerprint density at radius 2 is 1.84 bits per heavy atom. The summed E-state index contributed by atoms with van der Waals surface area (Å²) in [4.78, 5) is 27.9. The van der Waals surface area contributed by atoms with Crippen molar-refractivity contribution in [1.29, 1.82) is 0 Å². The Balaban J connectivity index is 1.77. The van der Waals surface area contributed by atoms with Crippen molar-refractivity contribution in [2.24, 2.45) is 0 Å². The van der Waals surface area contributed by atoms with Crippen molar-refractivity contribution < 1.29 is 14.3 Å². The lowest BCUT2D eigenvalue weighted by atomic mass is 9.99. The van der Waals surface area contributed by atoms with Crippen LogP contribution in [-0.4, -0.2) is 68.1 Å². The smallest absolute Gasteiger partial charge is 0.238 e. The van der Waals surface area contributed by atoms with E-state index in [9.17, 15) is 9.59 Å². The minimum atomic E-state index is -0.117. The fraction of sp³-hybridized carbons (Fsp3) is 0.579. The highest BCUT2D eigenvalue weighted by atomic mass is 16.5. The zero-order valence-corrected chi connectivity index (χ0v) is 15.5. The predicted molar refractivity (Wildman–Crippen MR) is 98.7 cm³/mol. The van der Waals surface area contributed by atoms with Gasteiger partial charge >= 0.3 is 0 Å². The van der Waals surface area contributed by atoms with Gasteiger partial charge in [-0.15, -0.1) is 0 Å². The van der Waals surface area contributed by atoms with Gasteiger partial charge in [-0.2, -0.15) is 0 Å². The molecule has 1 N–H and O–H groups in total. The number of carbonyl (C=O) groups is 2. The lowest BCUT2D eigenvalue weighted by Gasteiger charge is -2.28. The molecule has 1 aliphatic heterocycles. The maximum atomic E-state index is 12.2. The Labute approximate surface area is 150 Å². The van der Waals surface area contributed by atoms with E-state index in [0.717, 1.165) is 12.1 Å². The molecule has 1 heterocycles. The number of morpholine rings is 1. The third kappa shape index (κ3) is 6.14. The van der Waals surface area contributed by atoms with Gasteiger partial charge in [0.2, 0.25) is 11.8 Å². The third-order valence-electron chi connectivity index (χ3n) is 4.56. The molecule has 0 aliphatic carbocycles. The SMILES string of the molecule is CCC(C)c1ccc(NC(=O)CN(C)CC(=O)N2CCOCC2)cc1. The van der Waals surface area contributed by atoms with Gasteiger partial charge in [-0.1, -0.05) is 26.0 Å². The summed E-state index contributed by atoms with van der Waals surface area (Å²) in [5, 5.41) is 2.88. The summed E-state index contributed by atoms with van der Waals surface area (Å²) in [6.07, 6.45) is 1.09. The molecule has 1 aromatic carbocycles.